The fourth-order valence-electron chi connectivity index (χ4n) is 5.75. The molecule has 4 aliphatic heterocycles. The van der Waals surface area contributed by atoms with Crippen LogP contribution in [0.1, 0.15) is 65.7 Å². The van der Waals surface area contributed by atoms with Crippen LogP contribution in [-0.4, -0.2) is 72.5 Å². The second-order valence-electron chi connectivity index (χ2n) is 11.6. The lowest BCUT2D eigenvalue weighted by molar-refractivity contribution is -0.160. The van der Waals surface area contributed by atoms with Crippen LogP contribution in [0.15, 0.2) is 60.3 Å². The summed E-state index contributed by atoms with van der Waals surface area (Å²) in [5.41, 5.74) is 2.20. The zero-order chi connectivity index (χ0) is 28.6. The van der Waals surface area contributed by atoms with E-state index in [9.17, 15) is 14.7 Å². The number of esters is 2. The van der Waals surface area contributed by atoms with Crippen molar-refractivity contribution in [2.24, 2.45) is 5.92 Å². The van der Waals surface area contributed by atoms with Crippen LogP contribution in [0.4, 0.5) is 0 Å². The topological polar surface area (TPSA) is 104 Å². The molecule has 8 heteroatoms. The number of epoxide rings is 1. The van der Waals surface area contributed by atoms with Crippen LogP contribution in [0.5, 0.6) is 0 Å². The molecule has 1 N–H and O–H groups in total. The van der Waals surface area contributed by atoms with Gasteiger partial charge in [0, 0.05) is 19.4 Å². The number of hydrogen-bond donors (Lipinski definition) is 1. The van der Waals surface area contributed by atoms with E-state index < -0.39 is 36.4 Å². The summed E-state index contributed by atoms with van der Waals surface area (Å²) < 4.78 is 29.3. The maximum absolute atomic E-state index is 12.9. The summed E-state index contributed by atoms with van der Waals surface area (Å²) in [6.07, 6.45) is 14.2. The lowest BCUT2D eigenvalue weighted by atomic mass is 9.91. The fraction of sp³-hybridized carbons (Fsp3) is 0.625. The number of rotatable bonds is 4. The Bertz CT molecular complexity index is 1030. The van der Waals surface area contributed by atoms with Gasteiger partial charge in [-0.3, -0.25) is 4.79 Å². The lowest BCUT2D eigenvalue weighted by Gasteiger charge is -2.28. The molecule has 8 nitrogen and oxygen atoms in total. The Kier molecular flexibility index (Phi) is 11.0. The molecule has 0 radical (unpaired) electrons. The summed E-state index contributed by atoms with van der Waals surface area (Å²) in [5.74, 6) is -0.665. The van der Waals surface area contributed by atoms with Gasteiger partial charge in [-0.05, 0) is 57.4 Å². The minimum Gasteiger partial charge on any atom is -0.455 e. The molecular weight excluding hydrogens is 512 g/mol. The van der Waals surface area contributed by atoms with Crippen molar-refractivity contribution < 1.29 is 38.4 Å². The highest BCUT2D eigenvalue weighted by Gasteiger charge is 2.47. The molecule has 4 aliphatic rings. The Morgan fingerprint density at radius 1 is 1.18 bits per heavy atom. The number of carbonyl (C=O) groups is 2. The van der Waals surface area contributed by atoms with Gasteiger partial charge in [-0.25, -0.2) is 4.79 Å². The van der Waals surface area contributed by atoms with Gasteiger partial charge in [-0.1, -0.05) is 55.0 Å². The summed E-state index contributed by atoms with van der Waals surface area (Å²) in [6.45, 7) is 10.3. The predicted molar refractivity (Wildman–Crippen MR) is 150 cm³/mol. The number of fused-ring (bicyclic) bond motifs is 3. The van der Waals surface area contributed by atoms with Crippen LogP contribution < -0.4 is 0 Å². The third kappa shape index (κ3) is 9.54. The lowest BCUT2D eigenvalue weighted by Crippen LogP contribution is -2.35. The molecule has 220 valence electrons. The van der Waals surface area contributed by atoms with Gasteiger partial charge in [0.1, 0.15) is 12.2 Å². The van der Waals surface area contributed by atoms with Gasteiger partial charge in [-0.15, -0.1) is 0 Å². The Balaban J connectivity index is 1.52. The van der Waals surface area contributed by atoms with Crippen LogP contribution in [0.3, 0.4) is 0 Å². The third-order valence-electron chi connectivity index (χ3n) is 7.72. The maximum atomic E-state index is 12.9. The van der Waals surface area contributed by atoms with Crippen molar-refractivity contribution in [3.63, 3.8) is 0 Å². The minimum atomic E-state index is -0.835. The maximum Gasteiger partial charge on any atom is 0.330 e. The number of ether oxygens (including phenoxy) is 5. The molecule has 4 rings (SSSR count). The van der Waals surface area contributed by atoms with Crippen molar-refractivity contribution in [1.29, 1.82) is 0 Å². The third-order valence-corrected chi connectivity index (χ3v) is 7.72. The Labute approximate surface area is 237 Å². The summed E-state index contributed by atoms with van der Waals surface area (Å²) >= 11 is 0. The van der Waals surface area contributed by atoms with Crippen molar-refractivity contribution in [3.8, 4) is 0 Å². The van der Waals surface area contributed by atoms with Crippen molar-refractivity contribution in [2.45, 2.75) is 115 Å². The van der Waals surface area contributed by atoms with E-state index in [1.807, 2.05) is 25.2 Å². The van der Waals surface area contributed by atoms with Gasteiger partial charge >= 0.3 is 11.9 Å². The molecule has 40 heavy (non-hydrogen) atoms. The van der Waals surface area contributed by atoms with E-state index in [4.69, 9.17) is 23.7 Å². The Morgan fingerprint density at radius 3 is 2.77 bits per heavy atom. The molecule has 0 saturated carbocycles. The standard InChI is InChI=1S/C32H44O8/c1-20-13-14-36-25(16-20)11-12-28(37-23(4)33)29-19-30-32(40-30)27(34)18-22(3)15-21(2)17-26-9-5-7-24(38-26)8-6-10-31(35)39-29/h5-7,10-13,21,24-30,32,34H,3,8-9,14-19H2,1-2,4H3/b10-6-,12-11?. The minimum absolute atomic E-state index is 0.103. The first-order valence-corrected chi connectivity index (χ1v) is 14.5. The van der Waals surface area contributed by atoms with E-state index in [-0.39, 0.29) is 30.8 Å². The molecule has 0 aliphatic carbocycles. The number of aliphatic hydroxyl groups is 1. The van der Waals surface area contributed by atoms with Gasteiger partial charge in [0.2, 0.25) is 0 Å². The Hall–Kier alpha value is -2.52. The van der Waals surface area contributed by atoms with E-state index in [1.165, 1.54) is 18.6 Å². The summed E-state index contributed by atoms with van der Waals surface area (Å²) in [5, 5.41) is 10.9. The smallest absolute Gasteiger partial charge is 0.330 e. The van der Waals surface area contributed by atoms with Crippen LogP contribution in [0.2, 0.25) is 0 Å². The molecule has 0 amide bonds. The number of aliphatic hydroxyl groups excluding tert-OH is 1. The van der Waals surface area contributed by atoms with Gasteiger partial charge in [0.15, 0.2) is 6.10 Å². The van der Waals surface area contributed by atoms with Gasteiger partial charge < -0.3 is 28.8 Å². The molecule has 0 aromatic heterocycles. The van der Waals surface area contributed by atoms with E-state index in [0.717, 1.165) is 31.3 Å². The van der Waals surface area contributed by atoms with E-state index >= 15 is 0 Å². The van der Waals surface area contributed by atoms with Gasteiger partial charge in [0.25, 0.3) is 0 Å². The molecule has 1 saturated heterocycles. The molecule has 9 unspecified atom stereocenters. The molecule has 0 aromatic rings. The zero-order valence-corrected chi connectivity index (χ0v) is 23.9. The van der Waals surface area contributed by atoms with Crippen LogP contribution in [0.25, 0.3) is 0 Å². The number of carbonyl (C=O) groups excluding carboxylic acids is 2. The average molecular weight is 557 g/mol. The van der Waals surface area contributed by atoms with Gasteiger partial charge in [0.05, 0.1) is 37.1 Å². The van der Waals surface area contributed by atoms with Crippen molar-refractivity contribution in [2.75, 3.05) is 6.61 Å². The largest absolute Gasteiger partial charge is 0.455 e. The molecule has 0 spiro atoms. The first kappa shape index (κ1) is 30.4. The van der Waals surface area contributed by atoms with Gasteiger partial charge in [-0.2, -0.15) is 0 Å². The number of hydrogen-bond acceptors (Lipinski definition) is 8. The molecular formula is C32H44O8. The van der Waals surface area contributed by atoms with Crippen molar-refractivity contribution >= 4 is 11.9 Å². The molecule has 4 heterocycles. The number of cyclic esters (lactones) is 1. The van der Waals surface area contributed by atoms with Crippen molar-refractivity contribution in [3.05, 3.63) is 60.3 Å². The highest BCUT2D eigenvalue weighted by molar-refractivity contribution is 5.82. The van der Waals surface area contributed by atoms with Crippen LogP contribution >= 0.6 is 0 Å². The molecule has 2 bridgehead atoms. The van der Waals surface area contributed by atoms with E-state index in [2.05, 4.69) is 19.6 Å². The summed E-state index contributed by atoms with van der Waals surface area (Å²) in [4.78, 5) is 24.9. The highest BCUT2D eigenvalue weighted by Crippen LogP contribution is 2.35. The Morgan fingerprint density at radius 2 is 2.00 bits per heavy atom. The first-order valence-electron chi connectivity index (χ1n) is 14.5. The predicted octanol–water partition coefficient (Wildman–Crippen LogP) is 4.68. The summed E-state index contributed by atoms with van der Waals surface area (Å²) in [6, 6.07) is 0. The second kappa shape index (κ2) is 14.4. The normalized spacial score (nSPS) is 37.4. The summed E-state index contributed by atoms with van der Waals surface area (Å²) in [7, 11) is 0. The second-order valence-corrected chi connectivity index (χ2v) is 11.6. The SMILES string of the molecule is C=C1CC(C)CC2CC=CC(C/C=C\C(=O)OC(C(C=CC3CC(C)=CCO3)OC(C)=O)CC3OC3C(O)C1)O2. The molecule has 9 atom stereocenters. The van der Waals surface area contributed by atoms with Crippen LogP contribution in [0, 0.1) is 5.92 Å². The quantitative estimate of drug-likeness (QED) is 0.303. The fourth-order valence-corrected chi connectivity index (χ4v) is 5.75. The van der Waals surface area contributed by atoms with Crippen molar-refractivity contribution in [1.82, 2.24) is 0 Å². The molecule has 1 fully saturated rings. The van der Waals surface area contributed by atoms with E-state index in [1.54, 1.807) is 12.2 Å². The monoisotopic (exact) mass is 556 g/mol. The molecule has 0 aromatic carbocycles. The highest BCUT2D eigenvalue weighted by atomic mass is 16.6. The zero-order valence-electron chi connectivity index (χ0n) is 23.9. The average Bonchev–Trinajstić information content (AvgIpc) is 3.65. The van der Waals surface area contributed by atoms with Crippen LogP contribution in [-0.2, 0) is 33.3 Å². The first-order chi connectivity index (χ1) is 19.2. The van der Waals surface area contributed by atoms with E-state index in [0.29, 0.717) is 25.4 Å².